The largest absolute Gasteiger partial charge is 0.497 e. The highest BCUT2D eigenvalue weighted by Crippen LogP contribution is 2.26. The van der Waals surface area contributed by atoms with Crippen LogP contribution in [0.25, 0.3) is 0 Å². The molecule has 2 aromatic carbocycles. The lowest BCUT2D eigenvalue weighted by Crippen LogP contribution is -2.34. The van der Waals surface area contributed by atoms with Gasteiger partial charge in [-0.05, 0) is 48.7 Å². The van der Waals surface area contributed by atoms with E-state index in [1.165, 1.54) is 0 Å². The highest BCUT2D eigenvalue weighted by Gasteiger charge is 2.23. The quantitative estimate of drug-likeness (QED) is 0.834. The molecule has 0 saturated carbocycles. The summed E-state index contributed by atoms with van der Waals surface area (Å²) < 4.78 is 10.4. The number of nitrogens with zero attached hydrogens (tertiary/aromatic N) is 1. The van der Waals surface area contributed by atoms with Gasteiger partial charge in [0.25, 0.3) is 0 Å². The van der Waals surface area contributed by atoms with Crippen molar-refractivity contribution < 1.29 is 14.3 Å². The Hall–Kier alpha value is -2.89. The van der Waals surface area contributed by atoms with E-state index in [2.05, 4.69) is 21.6 Å². The summed E-state index contributed by atoms with van der Waals surface area (Å²) in [7, 11) is 3.29. The minimum absolute atomic E-state index is 0.185. The molecule has 1 fully saturated rings. The van der Waals surface area contributed by atoms with Gasteiger partial charge in [0.2, 0.25) is 0 Å². The summed E-state index contributed by atoms with van der Waals surface area (Å²) in [5.41, 5.74) is 1.90. The van der Waals surface area contributed by atoms with Crippen LogP contribution in [-0.2, 0) is 0 Å². The van der Waals surface area contributed by atoms with E-state index < -0.39 is 0 Å². The van der Waals surface area contributed by atoms with Crippen LogP contribution in [0, 0.1) is 5.92 Å². The second-order valence-corrected chi connectivity index (χ2v) is 6.37. The van der Waals surface area contributed by atoms with Gasteiger partial charge in [-0.3, -0.25) is 0 Å². The lowest BCUT2D eigenvalue weighted by molar-refractivity contribution is 0.250. The Morgan fingerprint density at radius 1 is 1.12 bits per heavy atom. The molecule has 0 spiro atoms. The van der Waals surface area contributed by atoms with Crippen LogP contribution in [0.4, 0.5) is 16.2 Å². The molecule has 1 saturated heterocycles. The first kappa shape index (κ1) is 17.9. The number of anilines is 2. The molecule has 2 aromatic rings. The van der Waals surface area contributed by atoms with Gasteiger partial charge in [-0.15, -0.1) is 0 Å². The van der Waals surface area contributed by atoms with E-state index >= 15 is 0 Å². The summed E-state index contributed by atoms with van der Waals surface area (Å²) in [6, 6.07) is 15.2. The standard InChI is InChI=1S/C20H25N3O3/c1-25-18-8-6-16(7-9-18)22-20(24)21-13-15-10-11-23(14-15)17-4-3-5-19(12-17)26-2/h3-9,12,15H,10-11,13-14H2,1-2H3,(H2,21,22,24). The summed E-state index contributed by atoms with van der Waals surface area (Å²) in [5, 5.41) is 5.80. The molecule has 3 rings (SSSR count). The number of rotatable bonds is 6. The number of amides is 2. The molecule has 0 radical (unpaired) electrons. The number of ether oxygens (including phenoxy) is 2. The van der Waals surface area contributed by atoms with Gasteiger partial charge in [0.15, 0.2) is 0 Å². The fourth-order valence-electron chi connectivity index (χ4n) is 3.13. The molecule has 138 valence electrons. The fraction of sp³-hybridized carbons (Fsp3) is 0.350. The number of benzene rings is 2. The van der Waals surface area contributed by atoms with Gasteiger partial charge >= 0.3 is 6.03 Å². The van der Waals surface area contributed by atoms with E-state index in [1.54, 1.807) is 14.2 Å². The van der Waals surface area contributed by atoms with Crippen molar-refractivity contribution in [2.75, 3.05) is 44.1 Å². The summed E-state index contributed by atoms with van der Waals surface area (Å²) in [6.45, 7) is 2.57. The first-order chi connectivity index (χ1) is 12.7. The average Bonchev–Trinajstić information content (AvgIpc) is 3.16. The maximum atomic E-state index is 12.1. The second kappa shape index (κ2) is 8.47. The monoisotopic (exact) mass is 355 g/mol. The molecule has 2 N–H and O–H groups in total. The van der Waals surface area contributed by atoms with Gasteiger partial charge in [0.05, 0.1) is 14.2 Å². The Balaban J connectivity index is 1.45. The zero-order valence-corrected chi connectivity index (χ0v) is 15.2. The minimum Gasteiger partial charge on any atom is -0.497 e. The van der Waals surface area contributed by atoms with Gasteiger partial charge < -0.3 is 25.0 Å². The Labute approximate surface area is 154 Å². The zero-order valence-electron chi connectivity index (χ0n) is 15.2. The molecule has 1 heterocycles. The van der Waals surface area contributed by atoms with E-state index in [1.807, 2.05) is 42.5 Å². The molecule has 0 aromatic heterocycles. The van der Waals surface area contributed by atoms with Crippen LogP contribution < -0.4 is 25.0 Å². The van der Waals surface area contributed by atoms with Crippen molar-refractivity contribution in [1.82, 2.24) is 5.32 Å². The van der Waals surface area contributed by atoms with Crippen molar-refractivity contribution >= 4 is 17.4 Å². The highest BCUT2D eigenvalue weighted by atomic mass is 16.5. The summed E-state index contributed by atoms with van der Waals surface area (Å²) in [5.74, 6) is 2.06. The van der Waals surface area contributed by atoms with Gasteiger partial charge in [0.1, 0.15) is 11.5 Å². The van der Waals surface area contributed by atoms with Crippen LogP contribution in [-0.4, -0.2) is 39.9 Å². The highest BCUT2D eigenvalue weighted by molar-refractivity contribution is 5.89. The van der Waals surface area contributed by atoms with Crippen LogP contribution >= 0.6 is 0 Å². The molecule has 6 nitrogen and oxygen atoms in total. The first-order valence-electron chi connectivity index (χ1n) is 8.76. The molecule has 0 aliphatic carbocycles. The average molecular weight is 355 g/mol. The lowest BCUT2D eigenvalue weighted by atomic mass is 10.1. The Morgan fingerprint density at radius 3 is 2.62 bits per heavy atom. The number of methoxy groups -OCH3 is 2. The van der Waals surface area contributed by atoms with Crippen molar-refractivity contribution in [2.45, 2.75) is 6.42 Å². The number of nitrogens with one attached hydrogen (secondary N) is 2. The number of hydrogen-bond acceptors (Lipinski definition) is 4. The SMILES string of the molecule is COc1ccc(NC(=O)NCC2CCN(c3cccc(OC)c3)C2)cc1. The van der Waals surface area contributed by atoms with Crippen molar-refractivity contribution in [3.63, 3.8) is 0 Å². The summed E-state index contributed by atoms with van der Waals surface area (Å²) >= 11 is 0. The maximum Gasteiger partial charge on any atom is 0.319 e. The topological polar surface area (TPSA) is 62.8 Å². The fourth-order valence-corrected chi connectivity index (χ4v) is 3.13. The van der Waals surface area contributed by atoms with Gasteiger partial charge in [-0.2, -0.15) is 0 Å². The predicted octanol–water partition coefficient (Wildman–Crippen LogP) is 3.35. The summed E-state index contributed by atoms with van der Waals surface area (Å²) in [6.07, 6.45) is 1.06. The molecule has 1 aliphatic rings. The third-order valence-corrected chi connectivity index (χ3v) is 4.60. The second-order valence-electron chi connectivity index (χ2n) is 6.37. The van der Waals surface area contributed by atoms with Crippen LogP contribution in [0.1, 0.15) is 6.42 Å². The van der Waals surface area contributed by atoms with E-state index in [-0.39, 0.29) is 6.03 Å². The van der Waals surface area contributed by atoms with E-state index in [0.29, 0.717) is 12.5 Å². The van der Waals surface area contributed by atoms with Crippen LogP contribution in [0.2, 0.25) is 0 Å². The van der Waals surface area contributed by atoms with Crippen molar-refractivity contribution in [3.05, 3.63) is 48.5 Å². The molecule has 1 aliphatic heterocycles. The van der Waals surface area contributed by atoms with Crippen molar-refractivity contribution in [2.24, 2.45) is 5.92 Å². The zero-order chi connectivity index (χ0) is 18.4. The Bertz CT molecular complexity index is 733. The molecular weight excluding hydrogens is 330 g/mol. The number of carbonyl (C=O) groups excluding carboxylic acids is 1. The number of urea groups is 1. The predicted molar refractivity (Wildman–Crippen MR) is 103 cm³/mol. The Morgan fingerprint density at radius 2 is 1.88 bits per heavy atom. The molecule has 26 heavy (non-hydrogen) atoms. The molecule has 2 amide bonds. The third-order valence-electron chi connectivity index (χ3n) is 4.60. The third kappa shape index (κ3) is 4.59. The van der Waals surface area contributed by atoms with Crippen LogP contribution in [0.5, 0.6) is 11.5 Å². The van der Waals surface area contributed by atoms with Gasteiger partial charge in [-0.1, -0.05) is 6.07 Å². The van der Waals surface area contributed by atoms with E-state index in [9.17, 15) is 4.79 Å². The number of carbonyl (C=O) groups is 1. The van der Waals surface area contributed by atoms with Crippen LogP contribution in [0.3, 0.4) is 0 Å². The van der Waals surface area contributed by atoms with Crippen molar-refractivity contribution in [1.29, 1.82) is 0 Å². The molecule has 6 heteroatoms. The number of hydrogen-bond donors (Lipinski definition) is 2. The van der Waals surface area contributed by atoms with E-state index in [0.717, 1.165) is 42.4 Å². The Kier molecular flexibility index (Phi) is 5.84. The first-order valence-corrected chi connectivity index (χ1v) is 8.76. The normalized spacial score (nSPS) is 16.2. The molecule has 0 bridgehead atoms. The smallest absolute Gasteiger partial charge is 0.319 e. The maximum absolute atomic E-state index is 12.1. The molecular formula is C20H25N3O3. The van der Waals surface area contributed by atoms with Crippen molar-refractivity contribution in [3.8, 4) is 11.5 Å². The van der Waals surface area contributed by atoms with E-state index in [4.69, 9.17) is 9.47 Å². The molecule has 1 atom stereocenters. The van der Waals surface area contributed by atoms with Gasteiger partial charge in [-0.25, -0.2) is 4.79 Å². The summed E-state index contributed by atoms with van der Waals surface area (Å²) in [4.78, 5) is 14.4. The minimum atomic E-state index is -0.185. The lowest BCUT2D eigenvalue weighted by Gasteiger charge is -2.19. The molecule has 1 unspecified atom stereocenters. The van der Waals surface area contributed by atoms with Gasteiger partial charge in [0, 0.05) is 37.1 Å². The van der Waals surface area contributed by atoms with Crippen LogP contribution in [0.15, 0.2) is 48.5 Å².